The second-order valence-corrected chi connectivity index (χ2v) is 4.73. The van der Waals surface area contributed by atoms with Crippen LogP contribution in [0.4, 0.5) is 0 Å². The highest BCUT2D eigenvalue weighted by Gasteiger charge is 2.08. The van der Waals surface area contributed by atoms with E-state index >= 15 is 0 Å². The van der Waals surface area contributed by atoms with Crippen LogP contribution in [0.1, 0.15) is 18.4 Å². The van der Waals surface area contributed by atoms with E-state index in [2.05, 4.69) is 21.2 Å². The third-order valence-corrected chi connectivity index (χ3v) is 3.30. The first kappa shape index (κ1) is 14.2. The van der Waals surface area contributed by atoms with Crippen LogP contribution in [0.5, 0.6) is 5.75 Å². The number of methoxy groups -OCH3 is 1. The van der Waals surface area contributed by atoms with Crippen LogP contribution in [-0.4, -0.2) is 26.5 Å². The van der Waals surface area contributed by atoms with Gasteiger partial charge in [0.05, 0.1) is 7.11 Å². The molecule has 1 aromatic carbocycles. The lowest BCUT2D eigenvalue weighted by molar-refractivity contribution is -0.118. The van der Waals surface area contributed by atoms with Crippen molar-refractivity contribution < 1.29 is 9.53 Å². The van der Waals surface area contributed by atoms with E-state index in [9.17, 15) is 4.79 Å². The highest BCUT2D eigenvalue weighted by molar-refractivity contribution is 9.10. The number of hydrogen-bond donors (Lipinski definition) is 1. The maximum Gasteiger partial charge on any atom is 0.137 e. The molecule has 0 saturated heterocycles. The van der Waals surface area contributed by atoms with Crippen molar-refractivity contribution in [3.8, 4) is 5.75 Å². The van der Waals surface area contributed by atoms with Gasteiger partial charge in [-0.05, 0) is 43.8 Å². The molecule has 1 N–H and O–H groups in total. The number of rotatable bonds is 7. The van der Waals surface area contributed by atoms with E-state index in [-0.39, 0.29) is 5.78 Å². The lowest BCUT2D eigenvalue weighted by atomic mass is 10.1. The van der Waals surface area contributed by atoms with E-state index in [0.29, 0.717) is 12.8 Å². The number of nitrogens with one attached hydrogen (secondary N) is 1. The minimum atomic E-state index is 0.259. The monoisotopic (exact) mass is 299 g/mol. The van der Waals surface area contributed by atoms with Gasteiger partial charge in [0.15, 0.2) is 0 Å². The van der Waals surface area contributed by atoms with Crippen molar-refractivity contribution in [3.63, 3.8) is 0 Å². The van der Waals surface area contributed by atoms with Crippen molar-refractivity contribution in [2.45, 2.75) is 19.3 Å². The fourth-order valence-electron chi connectivity index (χ4n) is 1.58. The number of hydrogen-bond acceptors (Lipinski definition) is 3. The summed E-state index contributed by atoms with van der Waals surface area (Å²) >= 11 is 3.45. The van der Waals surface area contributed by atoms with Gasteiger partial charge in [-0.1, -0.05) is 15.9 Å². The Morgan fingerprint density at radius 2 is 2.24 bits per heavy atom. The molecule has 94 valence electrons. The van der Waals surface area contributed by atoms with Crippen molar-refractivity contribution in [2.75, 3.05) is 20.7 Å². The summed E-state index contributed by atoms with van der Waals surface area (Å²) in [5.41, 5.74) is 0.985. The van der Waals surface area contributed by atoms with Gasteiger partial charge in [0.25, 0.3) is 0 Å². The third kappa shape index (κ3) is 4.88. The van der Waals surface area contributed by atoms with Crippen molar-refractivity contribution >= 4 is 21.7 Å². The van der Waals surface area contributed by atoms with Crippen LogP contribution in [0.15, 0.2) is 22.7 Å². The maximum absolute atomic E-state index is 11.7. The van der Waals surface area contributed by atoms with Crippen molar-refractivity contribution in [1.82, 2.24) is 5.32 Å². The minimum Gasteiger partial charge on any atom is -0.497 e. The van der Waals surface area contributed by atoms with Gasteiger partial charge in [0.1, 0.15) is 11.5 Å². The van der Waals surface area contributed by atoms with Gasteiger partial charge in [-0.2, -0.15) is 0 Å². The van der Waals surface area contributed by atoms with Crippen LogP contribution in [0.25, 0.3) is 0 Å². The molecular weight excluding hydrogens is 282 g/mol. The van der Waals surface area contributed by atoms with E-state index < -0.39 is 0 Å². The molecule has 17 heavy (non-hydrogen) atoms. The molecule has 0 spiro atoms. The molecule has 0 heterocycles. The largest absolute Gasteiger partial charge is 0.497 e. The van der Waals surface area contributed by atoms with Gasteiger partial charge in [0, 0.05) is 17.3 Å². The molecule has 0 atom stereocenters. The summed E-state index contributed by atoms with van der Waals surface area (Å²) in [5, 5.41) is 3.04. The van der Waals surface area contributed by atoms with Crippen molar-refractivity contribution in [1.29, 1.82) is 0 Å². The van der Waals surface area contributed by atoms with Crippen LogP contribution in [0.3, 0.4) is 0 Å². The summed E-state index contributed by atoms with van der Waals surface area (Å²) in [6.07, 6.45) is 1.96. The number of carbonyl (C=O) groups is 1. The summed E-state index contributed by atoms with van der Waals surface area (Å²) in [4.78, 5) is 11.7. The summed E-state index contributed by atoms with van der Waals surface area (Å²) in [6.45, 7) is 0.880. The Hall–Kier alpha value is -0.870. The molecule has 1 rings (SSSR count). The number of Topliss-reactive ketones (excluding diaryl/α,β-unsaturated/α-hetero) is 1. The van der Waals surface area contributed by atoms with Crippen LogP contribution in [0, 0.1) is 0 Å². The highest BCUT2D eigenvalue weighted by atomic mass is 79.9. The second-order valence-electron chi connectivity index (χ2n) is 3.88. The zero-order chi connectivity index (χ0) is 12.7. The van der Waals surface area contributed by atoms with Crippen molar-refractivity contribution in [2.24, 2.45) is 0 Å². The molecule has 0 aromatic heterocycles. The average molecular weight is 300 g/mol. The first-order chi connectivity index (χ1) is 8.17. The summed E-state index contributed by atoms with van der Waals surface area (Å²) in [7, 11) is 3.52. The Balaban J connectivity index is 2.57. The van der Waals surface area contributed by atoms with E-state index in [4.69, 9.17) is 4.74 Å². The number of halogens is 1. The number of benzene rings is 1. The van der Waals surface area contributed by atoms with E-state index in [0.717, 1.165) is 28.8 Å². The third-order valence-electron chi connectivity index (χ3n) is 2.52. The van der Waals surface area contributed by atoms with Crippen LogP contribution in [-0.2, 0) is 11.2 Å². The predicted octanol–water partition coefficient (Wildman–Crippen LogP) is 2.57. The molecular formula is C13H18BrNO2. The molecule has 0 fully saturated rings. The van der Waals surface area contributed by atoms with Gasteiger partial charge in [-0.15, -0.1) is 0 Å². The Labute approximate surface area is 111 Å². The van der Waals surface area contributed by atoms with E-state index in [1.807, 2.05) is 25.2 Å². The zero-order valence-electron chi connectivity index (χ0n) is 10.3. The first-order valence-electron chi connectivity index (χ1n) is 5.66. The molecule has 0 aliphatic rings. The second kappa shape index (κ2) is 7.45. The smallest absolute Gasteiger partial charge is 0.137 e. The first-order valence-corrected chi connectivity index (χ1v) is 6.45. The Bertz CT molecular complexity index is 380. The molecule has 0 saturated carbocycles. The number of ketones is 1. The lowest BCUT2D eigenvalue weighted by Crippen LogP contribution is -2.11. The SMILES string of the molecule is CNCCCC(=O)Cc1cc(OC)ccc1Br. The predicted molar refractivity (Wildman–Crippen MR) is 72.6 cm³/mol. The number of carbonyl (C=O) groups excluding carboxylic acids is 1. The molecule has 0 bridgehead atoms. The number of ether oxygens (including phenoxy) is 1. The summed E-state index contributed by atoms with van der Waals surface area (Å²) in [5.74, 6) is 1.04. The summed E-state index contributed by atoms with van der Waals surface area (Å²) < 4.78 is 6.11. The zero-order valence-corrected chi connectivity index (χ0v) is 11.8. The standard InChI is InChI=1S/C13H18BrNO2/c1-15-7-3-4-11(16)8-10-9-12(17-2)5-6-13(10)14/h5-6,9,15H,3-4,7-8H2,1-2H3. The summed E-state index contributed by atoms with van der Waals surface area (Å²) in [6, 6.07) is 5.69. The Morgan fingerprint density at radius 1 is 1.47 bits per heavy atom. The molecule has 3 nitrogen and oxygen atoms in total. The fraction of sp³-hybridized carbons (Fsp3) is 0.462. The average Bonchev–Trinajstić information content (AvgIpc) is 2.32. The molecule has 0 amide bonds. The Morgan fingerprint density at radius 3 is 2.88 bits per heavy atom. The quantitative estimate of drug-likeness (QED) is 0.787. The maximum atomic E-state index is 11.7. The van der Waals surface area contributed by atoms with Gasteiger partial charge < -0.3 is 10.1 Å². The fourth-order valence-corrected chi connectivity index (χ4v) is 1.96. The topological polar surface area (TPSA) is 38.3 Å². The molecule has 0 aliphatic carbocycles. The van der Waals surface area contributed by atoms with Gasteiger partial charge in [0.2, 0.25) is 0 Å². The minimum absolute atomic E-state index is 0.259. The molecule has 0 unspecified atom stereocenters. The van der Waals surface area contributed by atoms with Crippen LogP contribution >= 0.6 is 15.9 Å². The molecule has 1 aromatic rings. The van der Waals surface area contributed by atoms with Crippen LogP contribution < -0.4 is 10.1 Å². The lowest BCUT2D eigenvalue weighted by Gasteiger charge is -2.07. The van der Waals surface area contributed by atoms with Gasteiger partial charge in [-0.25, -0.2) is 0 Å². The van der Waals surface area contributed by atoms with E-state index in [1.165, 1.54) is 0 Å². The van der Waals surface area contributed by atoms with Crippen molar-refractivity contribution in [3.05, 3.63) is 28.2 Å². The van der Waals surface area contributed by atoms with Gasteiger partial charge >= 0.3 is 0 Å². The Kier molecular flexibility index (Phi) is 6.22. The molecule has 4 heteroatoms. The van der Waals surface area contributed by atoms with Crippen LogP contribution in [0.2, 0.25) is 0 Å². The van der Waals surface area contributed by atoms with Gasteiger partial charge in [-0.3, -0.25) is 4.79 Å². The highest BCUT2D eigenvalue weighted by Crippen LogP contribution is 2.23. The molecule has 0 radical (unpaired) electrons. The normalized spacial score (nSPS) is 10.3. The van der Waals surface area contributed by atoms with E-state index in [1.54, 1.807) is 7.11 Å². The molecule has 0 aliphatic heterocycles.